The number of benzene rings is 1. The van der Waals surface area contributed by atoms with Crippen LogP contribution in [0.4, 0.5) is 5.69 Å². The summed E-state index contributed by atoms with van der Waals surface area (Å²) in [5, 5.41) is 11.3. The van der Waals surface area contributed by atoms with E-state index in [0.717, 1.165) is 22.5 Å². The molecule has 4 heteroatoms. The Balaban J connectivity index is 1.81. The minimum Gasteiger partial charge on any atom is -0.320 e. The van der Waals surface area contributed by atoms with Crippen molar-refractivity contribution in [2.75, 3.05) is 5.32 Å². The molecule has 1 fully saturated rings. The maximum atomic E-state index is 12.4. The molecule has 0 atom stereocenters. The number of carbonyl (C=O) groups excluding carboxylic acids is 1. The number of carbonyl (C=O) groups is 1. The first-order chi connectivity index (χ1) is 10.6. The molecule has 1 aromatic heterocycles. The SMILES string of the molecule is Cc1cccc(C(C)C)c1NC(=O)c1ccc(C2CC2)nn1. The third kappa shape index (κ3) is 3.01. The van der Waals surface area contributed by atoms with E-state index in [1.807, 2.05) is 25.1 Å². The van der Waals surface area contributed by atoms with Gasteiger partial charge in [0.05, 0.1) is 5.69 Å². The molecule has 0 radical (unpaired) electrons. The van der Waals surface area contributed by atoms with E-state index in [-0.39, 0.29) is 5.91 Å². The molecule has 1 amide bonds. The number of nitrogens with one attached hydrogen (secondary N) is 1. The maximum Gasteiger partial charge on any atom is 0.276 e. The molecular formula is C18H21N3O. The first-order valence-electron chi connectivity index (χ1n) is 7.80. The first-order valence-corrected chi connectivity index (χ1v) is 7.80. The van der Waals surface area contributed by atoms with Crippen LogP contribution in [-0.4, -0.2) is 16.1 Å². The van der Waals surface area contributed by atoms with Crippen molar-refractivity contribution >= 4 is 11.6 Å². The number of rotatable bonds is 4. The highest BCUT2D eigenvalue weighted by Crippen LogP contribution is 2.38. The molecule has 1 aliphatic rings. The molecule has 3 rings (SSSR count). The number of hydrogen-bond acceptors (Lipinski definition) is 3. The van der Waals surface area contributed by atoms with E-state index >= 15 is 0 Å². The average molecular weight is 295 g/mol. The second-order valence-corrected chi connectivity index (χ2v) is 6.27. The molecule has 22 heavy (non-hydrogen) atoms. The fourth-order valence-electron chi connectivity index (χ4n) is 2.58. The van der Waals surface area contributed by atoms with Crippen molar-refractivity contribution in [1.29, 1.82) is 0 Å². The lowest BCUT2D eigenvalue weighted by Gasteiger charge is -2.16. The quantitative estimate of drug-likeness (QED) is 0.926. The third-order valence-corrected chi connectivity index (χ3v) is 4.08. The van der Waals surface area contributed by atoms with E-state index in [4.69, 9.17) is 0 Å². The van der Waals surface area contributed by atoms with Gasteiger partial charge in [-0.15, -0.1) is 5.10 Å². The van der Waals surface area contributed by atoms with Crippen molar-refractivity contribution in [1.82, 2.24) is 10.2 Å². The molecule has 114 valence electrons. The van der Waals surface area contributed by atoms with Gasteiger partial charge in [0.25, 0.3) is 5.91 Å². The van der Waals surface area contributed by atoms with Gasteiger partial charge in [0, 0.05) is 11.6 Å². The van der Waals surface area contributed by atoms with Crippen molar-refractivity contribution in [2.24, 2.45) is 0 Å². The van der Waals surface area contributed by atoms with Gasteiger partial charge >= 0.3 is 0 Å². The lowest BCUT2D eigenvalue weighted by Crippen LogP contribution is -2.17. The van der Waals surface area contributed by atoms with Gasteiger partial charge in [-0.2, -0.15) is 5.10 Å². The van der Waals surface area contributed by atoms with Gasteiger partial charge in [-0.25, -0.2) is 0 Å². The zero-order valence-corrected chi connectivity index (χ0v) is 13.3. The van der Waals surface area contributed by atoms with E-state index in [0.29, 0.717) is 17.5 Å². The van der Waals surface area contributed by atoms with Gasteiger partial charge in [-0.1, -0.05) is 32.0 Å². The highest BCUT2D eigenvalue weighted by atomic mass is 16.1. The van der Waals surface area contributed by atoms with Crippen molar-refractivity contribution in [2.45, 2.75) is 45.4 Å². The van der Waals surface area contributed by atoms with Gasteiger partial charge in [0.1, 0.15) is 0 Å². The molecule has 0 spiro atoms. The molecule has 0 bridgehead atoms. The van der Waals surface area contributed by atoms with Crippen LogP contribution in [0.1, 0.15) is 65.8 Å². The Labute approximate surface area is 131 Å². The lowest BCUT2D eigenvalue weighted by atomic mass is 9.98. The van der Waals surface area contributed by atoms with Crippen LogP contribution in [0.15, 0.2) is 30.3 Å². The maximum absolute atomic E-state index is 12.4. The Bertz CT molecular complexity index is 688. The summed E-state index contributed by atoms with van der Waals surface area (Å²) in [6, 6.07) is 9.76. The summed E-state index contributed by atoms with van der Waals surface area (Å²) in [4.78, 5) is 12.4. The van der Waals surface area contributed by atoms with E-state index in [1.165, 1.54) is 12.8 Å². The number of aryl methyl sites for hydroxylation is 1. The van der Waals surface area contributed by atoms with Crippen molar-refractivity contribution in [3.8, 4) is 0 Å². The Kier molecular flexibility index (Phi) is 3.92. The van der Waals surface area contributed by atoms with E-state index in [2.05, 4.69) is 35.4 Å². The average Bonchev–Trinajstić information content (AvgIpc) is 3.34. The zero-order chi connectivity index (χ0) is 15.7. The standard InChI is InChI=1S/C18H21N3O/c1-11(2)14-6-4-5-12(3)17(14)19-18(22)16-10-9-15(20-21-16)13-7-8-13/h4-6,9-11,13H,7-8H2,1-3H3,(H,19,22). The second-order valence-electron chi connectivity index (χ2n) is 6.27. The van der Waals surface area contributed by atoms with Crippen molar-refractivity contribution in [3.05, 3.63) is 52.8 Å². The Morgan fingerprint density at radius 3 is 2.55 bits per heavy atom. The van der Waals surface area contributed by atoms with Crippen LogP contribution >= 0.6 is 0 Å². The second kappa shape index (κ2) is 5.87. The van der Waals surface area contributed by atoms with Crippen LogP contribution in [-0.2, 0) is 0 Å². The normalized spacial score (nSPS) is 14.2. The van der Waals surface area contributed by atoms with E-state index in [9.17, 15) is 4.79 Å². The Hall–Kier alpha value is -2.23. The summed E-state index contributed by atoms with van der Waals surface area (Å²) >= 11 is 0. The smallest absolute Gasteiger partial charge is 0.276 e. The predicted molar refractivity (Wildman–Crippen MR) is 87.2 cm³/mol. The monoisotopic (exact) mass is 295 g/mol. The largest absolute Gasteiger partial charge is 0.320 e. The number of amides is 1. The molecular weight excluding hydrogens is 274 g/mol. The van der Waals surface area contributed by atoms with Gasteiger partial charge in [0.15, 0.2) is 5.69 Å². The number of aromatic nitrogens is 2. The highest BCUT2D eigenvalue weighted by Gasteiger charge is 2.25. The van der Waals surface area contributed by atoms with Crippen LogP contribution in [0.5, 0.6) is 0 Å². The highest BCUT2D eigenvalue weighted by molar-refractivity contribution is 6.03. The summed E-state index contributed by atoms with van der Waals surface area (Å²) in [5.74, 6) is 0.693. The van der Waals surface area contributed by atoms with E-state index in [1.54, 1.807) is 6.07 Å². The molecule has 1 saturated carbocycles. The van der Waals surface area contributed by atoms with Crippen molar-refractivity contribution in [3.63, 3.8) is 0 Å². The molecule has 1 aromatic carbocycles. The fourth-order valence-corrected chi connectivity index (χ4v) is 2.58. The fraction of sp³-hybridized carbons (Fsp3) is 0.389. The number of para-hydroxylation sites is 1. The molecule has 1 aliphatic carbocycles. The molecule has 0 unspecified atom stereocenters. The van der Waals surface area contributed by atoms with Crippen LogP contribution in [0.2, 0.25) is 0 Å². The summed E-state index contributed by atoms with van der Waals surface area (Å²) in [6.45, 7) is 6.24. The molecule has 1 N–H and O–H groups in total. The van der Waals surface area contributed by atoms with Crippen LogP contribution in [0, 0.1) is 6.92 Å². The molecule has 0 aliphatic heterocycles. The van der Waals surface area contributed by atoms with Crippen LogP contribution in [0.3, 0.4) is 0 Å². The van der Waals surface area contributed by atoms with Gasteiger partial charge in [0.2, 0.25) is 0 Å². The van der Waals surface area contributed by atoms with E-state index < -0.39 is 0 Å². The minimum absolute atomic E-state index is 0.203. The molecule has 0 saturated heterocycles. The van der Waals surface area contributed by atoms with Gasteiger partial charge in [-0.3, -0.25) is 4.79 Å². The summed E-state index contributed by atoms with van der Waals surface area (Å²) in [7, 11) is 0. The summed E-state index contributed by atoms with van der Waals surface area (Å²) in [6.07, 6.45) is 2.36. The summed E-state index contributed by atoms with van der Waals surface area (Å²) < 4.78 is 0. The molecule has 2 aromatic rings. The lowest BCUT2D eigenvalue weighted by molar-refractivity contribution is 0.102. The topological polar surface area (TPSA) is 54.9 Å². The Morgan fingerprint density at radius 1 is 1.18 bits per heavy atom. The number of hydrogen-bond donors (Lipinski definition) is 1. The van der Waals surface area contributed by atoms with Gasteiger partial charge < -0.3 is 5.32 Å². The Morgan fingerprint density at radius 2 is 1.95 bits per heavy atom. The molecule has 1 heterocycles. The first kappa shape index (κ1) is 14.7. The molecule has 4 nitrogen and oxygen atoms in total. The summed E-state index contributed by atoms with van der Waals surface area (Å²) in [5.41, 5.74) is 4.44. The predicted octanol–water partition coefficient (Wildman–Crippen LogP) is 4.04. The zero-order valence-electron chi connectivity index (χ0n) is 13.3. The van der Waals surface area contributed by atoms with Crippen LogP contribution in [0.25, 0.3) is 0 Å². The number of anilines is 1. The van der Waals surface area contributed by atoms with Crippen molar-refractivity contribution < 1.29 is 4.79 Å². The third-order valence-electron chi connectivity index (χ3n) is 4.08. The van der Waals surface area contributed by atoms with Crippen LogP contribution < -0.4 is 5.32 Å². The van der Waals surface area contributed by atoms with Gasteiger partial charge in [-0.05, 0) is 48.9 Å². The number of nitrogens with zero attached hydrogens (tertiary/aromatic N) is 2. The minimum atomic E-state index is -0.203.